The molecule has 0 saturated heterocycles. The molecule has 0 amide bonds. The Morgan fingerprint density at radius 1 is 0.829 bits per heavy atom. The summed E-state index contributed by atoms with van der Waals surface area (Å²) in [6, 6.07) is 17.3. The number of amidine groups is 1. The fraction of sp³-hybridized carbons (Fsp3) is 0.414. The number of hydrogen-bond donors (Lipinski definition) is 1. The number of oxime groups is 1. The van der Waals surface area contributed by atoms with Crippen molar-refractivity contribution < 1.29 is 4.84 Å². The molecule has 0 spiro atoms. The molecule has 0 bridgehead atoms. The van der Waals surface area contributed by atoms with Gasteiger partial charge in [-0.05, 0) is 39.5 Å². The van der Waals surface area contributed by atoms with Crippen molar-refractivity contribution >= 4 is 11.7 Å². The predicted octanol–water partition coefficient (Wildman–Crippen LogP) is 6.02. The SMILES string of the molecule is Cc1ccc(-c2nc3c(nc2-c2ccc(C)cc2)N(CCCCCCC2=NOCN2)CCC3)cc1. The second kappa shape index (κ2) is 10.9. The molecule has 5 rings (SSSR count). The number of nitrogens with one attached hydrogen (secondary N) is 1. The van der Waals surface area contributed by atoms with Crippen LogP contribution in [0.1, 0.15) is 55.3 Å². The van der Waals surface area contributed by atoms with Gasteiger partial charge >= 0.3 is 0 Å². The number of benzene rings is 2. The van der Waals surface area contributed by atoms with E-state index in [1.165, 1.54) is 24.0 Å². The van der Waals surface area contributed by atoms with Crippen LogP contribution in [0.15, 0.2) is 53.7 Å². The maximum Gasteiger partial charge on any atom is 0.188 e. The third-order valence-electron chi connectivity index (χ3n) is 6.85. The Morgan fingerprint density at radius 2 is 1.49 bits per heavy atom. The number of anilines is 1. The Bertz CT molecular complexity index is 1170. The van der Waals surface area contributed by atoms with Crippen molar-refractivity contribution in [3.8, 4) is 22.5 Å². The van der Waals surface area contributed by atoms with Gasteiger partial charge in [0.2, 0.25) is 0 Å². The third-order valence-corrected chi connectivity index (χ3v) is 6.85. The van der Waals surface area contributed by atoms with Crippen LogP contribution in [0.4, 0.5) is 5.82 Å². The molecule has 182 valence electrons. The number of rotatable bonds is 9. The van der Waals surface area contributed by atoms with Gasteiger partial charge in [0.15, 0.2) is 12.5 Å². The lowest BCUT2D eigenvalue weighted by Gasteiger charge is -2.30. The Labute approximate surface area is 208 Å². The molecule has 2 aliphatic heterocycles. The number of fused-ring (bicyclic) bond motifs is 1. The van der Waals surface area contributed by atoms with E-state index in [9.17, 15) is 0 Å². The molecule has 35 heavy (non-hydrogen) atoms. The van der Waals surface area contributed by atoms with E-state index in [0.717, 1.165) is 85.1 Å². The molecule has 6 heteroatoms. The van der Waals surface area contributed by atoms with Crippen molar-refractivity contribution in [2.75, 3.05) is 24.7 Å². The number of aromatic nitrogens is 2. The summed E-state index contributed by atoms with van der Waals surface area (Å²) in [7, 11) is 0. The molecule has 0 aliphatic carbocycles. The first kappa shape index (κ1) is 23.3. The van der Waals surface area contributed by atoms with Crippen LogP contribution >= 0.6 is 0 Å². The van der Waals surface area contributed by atoms with Crippen molar-refractivity contribution in [3.63, 3.8) is 0 Å². The highest BCUT2D eigenvalue weighted by Gasteiger charge is 2.23. The van der Waals surface area contributed by atoms with Crippen molar-refractivity contribution in [1.29, 1.82) is 0 Å². The molecule has 0 unspecified atom stereocenters. The number of aryl methyl sites for hydroxylation is 3. The highest BCUT2D eigenvalue weighted by Crippen LogP contribution is 2.35. The minimum absolute atomic E-state index is 0.515. The minimum atomic E-state index is 0.515. The van der Waals surface area contributed by atoms with E-state index < -0.39 is 0 Å². The summed E-state index contributed by atoms with van der Waals surface area (Å²) in [5.74, 6) is 2.06. The highest BCUT2D eigenvalue weighted by atomic mass is 16.6. The molecule has 1 N–H and O–H groups in total. The van der Waals surface area contributed by atoms with Gasteiger partial charge in [-0.1, -0.05) is 77.7 Å². The van der Waals surface area contributed by atoms with Gasteiger partial charge in [-0.15, -0.1) is 0 Å². The molecular weight excluding hydrogens is 434 g/mol. The molecule has 0 fully saturated rings. The molecule has 0 radical (unpaired) electrons. The molecule has 2 aliphatic rings. The maximum atomic E-state index is 5.29. The molecule has 3 heterocycles. The third kappa shape index (κ3) is 5.64. The first-order chi connectivity index (χ1) is 17.2. The fourth-order valence-electron chi connectivity index (χ4n) is 4.81. The highest BCUT2D eigenvalue weighted by molar-refractivity contribution is 5.82. The number of nitrogens with zero attached hydrogens (tertiary/aromatic N) is 4. The molecular formula is C29H35N5O. The van der Waals surface area contributed by atoms with E-state index in [1.807, 2.05) is 0 Å². The lowest BCUT2D eigenvalue weighted by Crippen LogP contribution is -2.32. The van der Waals surface area contributed by atoms with Gasteiger partial charge in [-0.3, -0.25) is 0 Å². The quantitative estimate of drug-likeness (QED) is 0.388. The topological polar surface area (TPSA) is 62.6 Å². The molecule has 1 aromatic heterocycles. The molecule has 0 saturated carbocycles. The average Bonchev–Trinajstić information content (AvgIpc) is 3.40. The van der Waals surface area contributed by atoms with E-state index >= 15 is 0 Å². The van der Waals surface area contributed by atoms with E-state index in [-0.39, 0.29) is 0 Å². The molecule has 6 nitrogen and oxygen atoms in total. The summed E-state index contributed by atoms with van der Waals surface area (Å²) >= 11 is 0. The minimum Gasteiger partial charge on any atom is -0.372 e. The summed E-state index contributed by atoms with van der Waals surface area (Å²) in [6.07, 6.45) is 7.81. The first-order valence-corrected chi connectivity index (χ1v) is 12.9. The Kier molecular flexibility index (Phi) is 7.26. The Morgan fingerprint density at radius 3 is 2.14 bits per heavy atom. The summed E-state index contributed by atoms with van der Waals surface area (Å²) in [5.41, 5.74) is 7.86. The van der Waals surface area contributed by atoms with Crippen LogP contribution in [-0.4, -0.2) is 35.6 Å². The van der Waals surface area contributed by atoms with Crippen molar-refractivity contribution in [2.45, 2.75) is 58.8 Å². The Hall–Kier alpha value is -3.41. The van der Waals surface area contributed by atoms with Crippen molar-refractivity contribution in [2.24, 2.45) is 5.16 Å². The molecule has 3 aromatic rings. The van der Waals surface area contributed by atoms with Crippen LogP contribution in [0.5, 0.6) is 0 Å². The lowest BCUT2D eigenvalue weighted by atomic mass is 10.0. The van der Waals surface area contributed by atoms with Gasteiger partial charge in [0.25, 0.3) is 0 Å². The van der Waals surface area contributed by atoms with Crippen molar-refractivity contribution in [1.82, 2.24) is 15.3 Å². The van der Waals surface area contributed by atoms with Crippen LogP contribution in [0.2, 0.25) is 0 Å². The summed E-state index contributed by atoms with van der Waals surface area (Å²) in [6.45, 7) is 6.84. The van der Waals surface area contributed by atoms with Gasteiger partial charge in [0.1, 0.15) is 5.84 Å². The van der Waals surface area contributed by atoms with Gasteiger partial charge in [-0.2, -0.15) is 0 Å². The van der Waals surface area contributed by atoms with Gasteiger partial charge in [0.05, 0.1) is 17.1 Å². The Balaban J connectivity index is 1.34. The fourth-order valence-corrected chi connectivity index (χ4v) is 4.81. The monoisotopic (exact) mass is 469 g/mol. The zero-order valence-electron chi connectivity index (χ0n) is 20.9. The van der Waals surface area contributed by atoms with E-state index in [1.54, 1.807) is 0 Å². The van der Waals surface area contributed by atoms with Gasteiger partial charge < -0.3 is 15.1 Å². The lowest BCUT2D eigenvalue weighted by molar-refractivity contribution is 0.164. The zero-order chi connectivity index (χ0) is 24.0. The molecule has 2 aromatic carbocycles. The summed E-state index contributed by atoms with van der Waals surface area (Å²) < 4.78 is 0. The summed E-state index contributed by atoms with van der Waals surface area (Å²) in [5, 5.41) is 7.16. The van der Waals surface area contributed by atoms with Gasteiger partial charge in [0, 0.05) is 30.6 Å². The summed E-state index contributed by atoms with van der Waals surface area (Å²) in [4.78, 5) is 18.0. The largest absolute Gasteiger partial charge is 0.372 e. The van der Waals surface area contributed by atoms with Crippen LogP contribution in [0.3, 0.4) is 0 Å². The van der Waals surface area contributed by atoms with Crippen LogP contribution in [-0.2, 0) is 11.3 Å². The maximum absolute atomic E-state index is 5.29. The van der Waals surface area contributed by atoms with E-state index in [2.05, 4.69) is 77.8 Å². The smallest absolute Gasteiger partial charge is 0.188 e. The first-order valence-electron chi connectivity index (χ1n) is 12.9. The van der Waals surface area contributed by atoms with Crippen molar-refractivity contribution in [3.05, 3.63) is 65.4 Å². The van der Waals surface area contributed by atoms with Gasteiger partial charge in [-0.25, -0.2) is 9.97 Å². The van der Waals surface area contributed by atoms with Crippen LogP contribution in [0.25, 0.3) is 22.5 Å². The number of hydrogen-bond acceptors (Lipinski definition) is 6. The van der Waals surface area contributed by atoms with E-state index in [4.69, 9.17) is 14.8 Å². The predicted molar refractivity (Wildman–Crippen MR) is 143 cm³/mol. The van der Waals surface area contributed by atoms with E-state index in [0.29, 0.717) is 6.73 Å². The zero-order valence-corrected chi connectivity index (χ0v) is 20.9. The van der Waals surface area contributed by atoms with Crippen LogP contribution in [0, 0.1) is 13.8 Å². The van der Waals surface area contributed by atoms with Crippen LogP contribution < -0.4 is 10.2 Å². The second-order valence-electron chi connectivity index (χ2n) is 9.67. The molecule has 0 atom stereocenters. The normalized spacial score (nSPS) is 14.8. The number of unbranched alkanes of at least 4 members (excludes halogenated alkanes) is 3. The standard InChI is InChI=1S/C29H35N5O/c1-21-10-14-23(15-11-21)27-28(24-16-12-22(2)13-17-24)32-29-25(31-27)8-7-19-34(29)18-6-4-3-5-9-26-30-20-35-33-26/h10-17H,3-9,18-20H2,1-2H3,(H,30,33). The second-order valence-corrected chi connectivity index (χ2v) is 9.67. The average molecular weight is 470 g/mol.